The van der Waals surface area contributed by atoms with Gasteiger partial charge in [-0.05, 0) is 24.7 Å². The SMILES string of the molecule is COC(=O)[C@H]1CC2(CCC2)CN1. The lowest BCUT2D eigenvalue weighted by atomic mass is 9.67. The van der Waals surface area contributed by atoms with Gasteiger partial charge in [-0.3, -0.25) is 4.79 Å². The molecule has 0 bridgehead atoms. The fourth-order valence-corrected chi connectivity index (χ4v) is 2.28. The van der Waals surface area contributed by atoms with Crippen molar-refractivity contribution in [2.75, 3.05) is 13.7 Å². The summed E-state index contributed by atoms with van der Waals surface area (Å²) < 4.78 is 4.69. The van der Waals surface area contributed by atoms with Gasteiger partial charge in [-0.25, -0.2) is 0 Å². The molecule has 1 atom stereocenters. The number of carbonyl (C=O) groups excluding carboxylic acids is 1. The van der Waals surface area contributed by atoms with E-state index >= 15 is 0 Å². The average molecular weight is 169 g/mol. The maximum Gasteiger partial charge on any atom is 0.322 e. The zero-order valence-electron chi connectivity index (χ0n) is 7.43. The van der Waals surface area contributed by atoms with Gasteiger partial charge < -0.3 is 10.1 Å². The zero-order chi connectivity index (χ0) is 8.60. The molecule has 3 nitrogen and oxygen atoms in total. The number of hydrogen-bond acceptors (Lipinski definition) is 3. The Hall–Kier alpha value is -0.570. The van der Waals surface area contributed by atoms with E-state index in [4.69, 9.17) is 4.74 Å². The average Bonchev–Trinajstić information content (AvgIpc) is 2.46. The molecule has 0 aromatic carbocycles. The highest BCUT2D eigenvalue weighted by Crippen LogP contribution is 2.47. The number of rotatable bonds is 1. The maximum atomic E-state index is 11.2. The molecule has 1 N–H and O–H groups in total. The second-order valence-corrected chi connectivity index (χ2v) is 4.01. The first kappa shape index (κ1) is 8.05. The number of carbonyl (C=O) groups is 1. The van der Waals surface area contributed by atoms with Crippen molar-refractivity contribution < 1.29 is 9.53 Å². The molecular formula is C9H15NO2. The molecule has 0 amide bonds. The second-order valence-electron chi connectivity index (χ2n) is 4.01. The van der Waals surface area contributed by atoms with Crippen LogP contribution in [0.5, 0.6) is 0 Å². The fraction of sp³-hybridized carbons (Fsp3) is 0.889. The number of esters is 1. The molecule has 1 saturated heterocycles. The van der Waals surface area contributed by atoms with Gasteiger partial charge in [0.2, 0.25) is 0 Å². The normalized spacial score (nSPS) is 31.6. The van der Waals surface area contributed by atoms with Crippen LogP contribution in [-0.4, -0.2) is 25.7 Å². The first-order valence-electron chi connectivity index (χ1n) is 4.57. The maximum absolute atomic E-state index is 11.2. The number of hydrogen-bond donors (Lipinski definition) is 1. The molecule has 0 aromatic rings. The second kappa shape index (κ2) is 2.73. The molecule has 12 heavy (non-hydrogen) atoms. The van der Waals surface area contributed by atoms with Gasteiger partial charge in [0.1, 0.15) is 6.04 Å². The first-order valence-corrected chi connectivity index (χ1v) is 4.57. The molecule has 1 spiro atoms. The van der Waals surface area contributed by atoms with E-state index in [9.17, 15) is 4.79 Å². The van der Waals surface area contributed by atoms with Crippen LogP contribution in [0.25, 0.3) is 0 Å². The Balaban J connectivity index is 1.93. The van der Waals surface area contributed by atoms with Gasteiger partial charge in [-0.15, -0.1) is 0 Å². The van der Waals surface area contributed by atoms with E-state index in [-0.39, 0.29) is 12.0 Å². The summed E-state index contributed by atoms with van der Waals surface area (Å²) in [5, 5.41) is 3.23. The summed E-state index contributed by atoms with van der Waals surface area (Å²) in [6, 6.07) is -0.0321. The standard InChI is InChI=1S/C9H15NO2/c1-12-8(11)7-5-9(6-10-7)3-2-4-9/h7,10H,2-6H2,1H3/t7-/m1/s1. The van der Waals surface area contributed by atoms with Crippen molar-refractivity contribution >= 4 is 5.97 Å². The van der Waals surface area contributed by atoms with E-state index in [1.165, 1.54) is 26.4 Å². The van der Waals surface area contributed by atoms with Crippen LogP contribution >= 0.6 is 0 Å². The monoisotopic (exact) mass is 169 g/mol. The van der Waals surface area contributed by atoms with E-state index in [1.807, 2.05) is 0 Å². The molecule has 2 rings (SSSR count). The summed E-state index contributed by atoms with van der Waals surface area (Å²) >= 11 is 0. The highest BCUT2D eigenvalue weighted by atomic mass is 16.5. The van der Waals surface area contributed by atoms with Crippen molar-refractivity contribution in [3.8, 4) is 0 Å². The Bertz CT molecular complexity index is 199. The molecule has 2 aliphatic rings. The lowest BCUT2D eigenvalue weighted by Crippen LogP contribution is -2.31. The minimum atomic E-state index is -0.0984. The summed E-state index contributed by atoms with van der Waals surface area (Å²) in [5.74, 6) is -0.0984. The minimum absolute atomic E-state index is 0.0321. The Morgan fingerprint density at radius 3 is 2.75 bits per heavy atom. The third kappa shape index (κ3) is 1.12. The molecule has 1 aliphatic carbocycles. The van der Waals surface area contributed by atoms with Crippen LogP contribution in [-0.2, 0) is 9.53 Å². The molecule has 68 valence electrons. The lowest BCUT2D eigenvalue weighted by Gasteiger charge is -2.37. The van der Waals surface area contributed by atoms with Gasteiger partial charge >= 0.3 is 5.97 Å². The molecule has 1 heterocycles. The molecule has 1 aliphatic heterocycles. The van der Waals surface area contributed by atoms with Crippen LogP contribution in [0.2, 0.25) is 0 Å². The van der Waals surface area contributed by atoms with E-state index in [2.05, 4.69) is 5.32 Å². The predicted molar refractivity (Wildman–Crippen MR) is 44.7 cm³/mol. The van der Waals surface area contributed by atoms with Gasteiger partial charge in [0.25, 0.3) is 0 Å². The van der Waals surface area contributed by atoms with Crippen LogP contribution < -0.4 is 5.32 Å². The van der Waals surface area contributed by atoms with Crippen LogP contribution in [0.15, 0.2) is 0 Å². The topological polar surface area (TPSA) is 38.3 Å². The Labute approximate surface area is 72.5 Å². The van der Waals surface area contributed by atoms with Gasteiger partial charge in [-0.2, -0.15) is 0 Å². The molecule has 0 radical (unpaired) electrons. The molecule has 0 unspecified atom stereocenters. The molecule has 0 aromatic heterocycles. The Morgan fingerprint density at radius 1 is 1.58 bits per heavy atom. The van der Waals surface area contributed by atoms with E-state index in [0.717, 1.165) is 13.0 Å². The Kier molecular flexibility index (Phi) is 1.83. The van der Waals surface area contributed by atoms with E-state index < -0.39 is 0 Å². The molecular weight excluding hydrogens is 154 g/mol. The van der Waals surface area contributed by atoms with Crippen molar-refractivity contribution in [3.63, 3.8) is 0 Å². The van der Waals surface area contributed by atoms with Crippen molar-refractivity contribution in [3.05, 3.63) is 0 Å². The molecule has 1 saturated carbocycles. The number of ether oxygens (including phenoxy) is 1. The van der Waals surface area contributed by atoms with Crippen LogP contribution in [0.1, 0.15) is 25.7 Å². The van der Waals surface area contributed by atoms with Crippen LogP contribution in [0, 0.1) is 5.41 Å². The number of nitrogens with one attached hydrogen (secondary N) is 1. The summed E-state index contributed by atoms with van der Waals surface area (Å²) in [6.07, 6.45) is 4.89. The van der Waals surface area contributed by atoms with Gasteiger partial charge in [0, 0.05) is 6.54 Å². The summed E-state index contributed by atoms with van der Waals surface area (Å²) in [7, 11) is 1.45. The van der Waals surface area contributed by atoms with Crippen molar-refractivity contribution in [1.29, 1.82) is 0 Å². The lowest BCUT2D eigenvalue weighted by molar-refractivity contribution is -0.143. The summed E-state index contributed by atoms with van der Waals surface area (Å²) in [6.45, 7) is 1.01. The minimum Gasteiger partial charge on any atom is -0.468 e. The van der Waals surface area contributed by atoms with Crippen molar-refractivity contribution in [1.82, 2.24) is 5.32 Å². The molecule has 2 fully saturated rings. The van der Waals surface area contributed by atoms with E-state index in [0.29, 0.717) is 5.41 Å². The van der Waals surface area contributed by atoms with Crippen molar-refractivity contribution in [2.24, 2.45) is 5.41 Å². The van der Waals surface area contributed by atoms with Crippen LogP contribution in [0.3, 0.4) is 0 Å². The summed E-state index contributed by atoms with van der Waals surface area (Å²) in [5.41, 5.74) is 0.457. The fourth-order valence-electron chi connectivity index (χ4n) is 2.28. The Morgan fingerprint density at radius 2 is 2.33 bits per heavy atom. The van der Waals surface area contributed by atoms with Gasteiger partial charge in [0.15, 0.2) is 0 Å². The quantitative estimate of drug-likeness (QED) is 0.587. The van der Waals surface area contributed by atoms with Gasteiger partial charge in [0.05, 0.1) is 7.11 Å². The number of methoxy groups -OCH3 is 1. The highest BCUT2D eigenvalue weighted by molar-refractivity contribution is 5.76. The summed E-state index contributed by atoms with van der Waals surface area (Å²) in [4.78, 5) is 11.2. The van der Waals surface area contributed by atoms with Gasteiger partial charge in [-0.1, -0.05) is 6.42 Å². The third-order valence-corrected chi connectivity index (χ3v) is 3.26. The van der Waals surface area contributed by atoms with Crippen molar-refractivity contribution in [2.45, 2.75) is 31.7 Å². The molecule has 3 heteroatoms. The third-order valence-electron chi connectivity index (χ3n) is 3.26. The highest BCUT2D eigenvalue weighted by Gasteiger charge is 2.45. The smallest absolute Gasteiger partial charge is 0.322 e. The van der Waals surface area contributed by atoms with Crippen LogP contribution in [0.4, 0.5) is 0 Å². The zero-order valence-corrected chi connectivity index (χ0v) is 7.43. The largest absolute Gasteiger partial charge is 0.468 e. The first-order chi connectivity index (χ1) is 5.76. The predicted octanol–water partition coefficient (Wildman–Crippen LogP) is 0.692. The van der Waals surface area contributed by atoms with E-state index in [1.54, 1.807) is 0 Å².